The Hall–Kier alpha value is -1.76. The van der Waals surface area contributed by atoms with E-state index in [1.165, 1.54) is 4.90 Å². The minimum absolute atomic E-state index is 0.182. The second-order valence-corrected chi connectivity index (χ2v) is 7.33. The Bertz CT molecular complexity index is 581. The van der Waals surface area contributed by atoms with Crippen molar-refractivity contribution in [1.82, 2.24) is 4.90 Å². The van der Waals surface area contributed by atoms with Gasteiger partial charge >= 0.3 is 12.1 Å². The van der Waals surface area contributed by atoms with Crippen LogP contribution in [0.3, 0.4) is 0 Å². The molecule has 1 aromatic carbocycles. The Labute approximate surface area is 143 Å². The lowest BCUT2D eigenvalue weighted by molar-refractivity contribution is -0.142. The third kappa shape index (κ3) is 4.86. The Balaban J connectivity index is 2.06. The normalized spacial score (nSPS) is 21.1. The molecule has 1 N–H and O–H groups in total. The first-order valence-corrected chi connectivity index (χ1v) is 8.09. The van der Waals surface area contributed by atoms with E-state index in [9.17, 15) is 14.7 Å². The molecule has 23 heavy (non-hydrogen) atoms. The maximum atomic E-state index is 12.2. The van der Waals surface area contributed by atoms with E-state index in [4.69, 9.17) is 9.47 Å². The quantitative estimate of drug-likeness (QED) is 0.863. The lowest BCUT2D eigenvalue weighted by Crippen LogP contribution is -2.43. The number of hydrogen-bond acceptors (Lipinski definition) is 4. The molecule has 0 saturated carbocycles. The van der Waals surface area contributed by atoms with Gasteiger partial charge in [0.2, 0.25) is 0 Å². The van der Waals surface area contributed by atoms with Gasteiger partial charge in [-0.1, -0.05) is 15.9 Å². The molecule has 1 amide bonds. The molecule has 2 atom stereocenters. The number of benzene rings is 1. The summed E-state index contributed by atoms with van der Waals surface area (Å²) < 4.78 is 12.0. The molecule has 0 radical (unpaired) electrons. The van der Waals surface area contributed by atoms with E-state index in [0.717, 1.165) is 4.47 Å². The Kier molecular flexibility index (Phi) is 5.19. The molecule has 126 valence electrons. The minimum atomic E-state index is -1.06. The van der Waals surface area contributed by atoms with Crippen molar-refractivity contribution in [1.29, 1.82) is 0 Å². The lowest BCUT2D eigenvalue weighted by atomic mass is 10.2. The topological polar surface area (TPSA) is 76.1 Å². The van der Waals surface area contributed by atoms with Gasteiger partial charge in [-0.25, -0.2) is 9.59 Å². The predicted molar refractivity (Wildman–Crippen MR) is 87.5 cm³/mol. The molecule has 1 fully saturated rings. The molecule has 0 unspecified atom stereocenters. The molecule has 2 rings (SSSR count). The highest BCUT2D eigenvalue weighted by atomic mass is 79.9. The summed E-state index contributed by atoms with van der Waals surface area (Å²) in [6.07, 6.45) is -0.790. The van der Waals surface area contributed by atoms with E-state index in [-0.39, 0.29) is 19.1 Å². The number of carboxylic acid groups (broad SMARTS) is 1. The minimum Gasteiger partial charge on any atom is -0.488 e. The number of carbonyl (C=O) groups excluding carboxylic acids is 1. The summed E-state index contributed by atoms with van der Waals surface area (Å²) in [5.74, 6) is -0.425. The Morgan fingerprint density at radius 3 is 2.39 bits per heavy atom. The molecule has 0 bridgehead atoms. The Morgan fingerprint density at radius 1 is 1.26 bits per heavy atom. The van der Waals surface area contributed by atoms with Crippen LogP contribution in [0, 0.1) is 0 Å². The standard InChI is InChI=1S/C16H20BrNO5/c1-16(2,3)23-15(21)18-9-12(8-13(18)14(19)20)22-11-6-4-10(17)5-7-11/h4-7,12-13H,8-9H2,1-3H3,(H,19,20)/t12-,13+/m0/s1. The smallest absolute Gasteiger partial charge is 0.411 e. The van der Waals surface area contributed by atoms with E-state index in [1.54, 1.807) is 32.9 Å². The van der Waals surface area contributed by atoms with Crippen LogP contribution in [0.1, 0.15) is 27.2 Å². The van der Waals surface area contributed by atoms with Crippen molar-refractivity contribution in [2.45, 2.75) is 44.9 Å². The van der Waals surface area contributed by atoms with Crippen LogP contribution >= 0.6 is 15.9 Å². The van der Waals surface area contributed by atoms with Gasteiger partial charge in [0.15, 0.2) is 0 Å². The highest BCUT2D eigenvalue weighted by molar-refractivity contribution is 9.10. The lowest BCUT2D eigenvalue weighted by Gasteiger charge is -2.26. The van der Waals surface area contributed by atoms with Crippen molar-refractivity contribution in [2.75, 3.05) is 6.54 Å². The summed E-state index contributed by atoms with van der Waals surface area (Å²) in [4.78, 5) is 24.8. The van der Waals surface area contributed by atoms with Gasteiger partial charge in [-0.05, 0) is 45.0 Å². The van der Waals surface area contributed by atoms with Gasteiger partial charge < -0.3 is 14.6 Å². The van der Waals surface area contributed by atoms with Crippen LogP contribution in [-0.4, -0.2) is 46.4 Å². The summed E-state index contributed by atoms with van der Waals surface area (Å²) in [5.41, 5.74) is -0.676. The van der Waals surface area contributed by atoms with E-state index >= 15 is 0 Å². The average molecular weight is 386 g/mol. The first-order valence-electron chi connectivity index (χ1n) is 7.30. The summed E-state index contributed by atoms with van der Waals surface area (Å²) >= 11 is 3.34. The first-order chi connectivity index (χ1) is 10.7. The number of ether oxygens (including phenoxy) is 2. The number of carbonyl (C=O) groups is 2. The van der Waals surface area contributed by atoms with Crippen LogP contribution in [0.4, 0.5) is 4.79 Å². The van der Waals surface area contributed by atoms with Crippen molar-refractivity contribution < 1.29 is 24.2 Å². The number of hydrogen-bond donors (Lipinski definition) is 1. The van der Waals surface area contributed by atoms with Crippen LogP contribution in [-0.2, 0) is 9.53 Å². The summed E-state index contributed by atoms with van der Waals surface area (Å²) in [6.45, 7) is 5.41. The van der Waals surface area contributed by atoms with E-state index in [0.29, 0.717) is 5.75 Å². The Morgan fingerprint density at radius 2 is 1.87 bits per heavy atom. The molecule has 1 heterocycles. The summed E-state index contributed by atoms with van der Waals surface area (Å²) in [6, 6.07) is 6.31. The SMILES string of the molecule is CC(C)(C)OC(=O)N1C[C@@H](Oc2ccc(Br)cc2)C[C@@H]1C(=O)O. The first kappa shape index (κ1) is 17.6. The van der Waals surface area contributed by atoms with Crippen LogP contribution in [0.2, 0.25) is 0 Å². The number of carboxylic acids is 1. The van der Waals surface area contributed by atoms with Gasteiger partial charge in [0, 0.05) is 10.9 Å². The highest BCUT2D eigenvalue weighted by Gasteiger charge is 2.42. The molecule has 6 nitrogen and oxygen atoms in total. The predicted octanol–water partition coefficient (Wildman–Crippen LogP) is 3.29. The fourth-order valence-electron chi connectivity index (χ4n) is 2.34. The zero-order valence-electron chi connectivity index (χ0n) is 13.3. The monoisotopic (exact) mass is 385 g/mol. The fraction of sp³-hybridized carbons (Fsp3) is 0.500. The van der Waals surface area contributed by atoms with Crippen molar-refractivity contribution in [2.24, 2.45) is 0 Å². The number of rotatable bonds is 3. The van der Waals surface area contributed by atoms with Gasteiger partial charge in [0.25, 0.3) is 0 Å². The molecule has 0 aromatic heterocycles. The van der Waals surface area contributed by atoms with Gasteiger partial charge in [0.05, 0.1) is 6.54 Å². The van der Waals surface area contributed by atoms with Gasteiger partial charge in [-0.15, -0.1) is 0 Å². The molecule has 1 aromatic rings. The molecule has 0 aliphatic carbocycles. The number of aliphatic carboxylic acids is 1. The summed E-state index contributed by atoms with van der Waals surface area (Å²) in [7, 11) is 0. The molecule has 1 aliphatic heterocycles. The van der Waals surface area contributed by atoms with Crippen molar-refractivity contribution in [3.8, 4) is 5.75 Å². The highest BCUT2D eigenvalue weighted by Crippen LogP contribution is 2.26. The third-order valence-corrected chi connectivity index (χ3v) is 3.82. The number of halogens is 1. The van der Waals surface area contributed by atoms with Gasteiger partial charge in [-0.3, -0.25) is 4.90 Å². The molecule has 1 saturated heterocycles. The van der Waals surface area contributed by atoms with E-state index < -0.39 is 23.7 Å². The number of nitrogens with zero attached hydrogens (tertiary/aromatic N) is 1. The van der Waals surface area contributed by atoms with E-state index in [2.05, 4.69) is 15.9 Å². The second-order valence-electron chi connectivity index (χ2n) is 6.42. The van der Waals surface area contributed by atoms with E-state index in [1.807, 2.05) is 12.1 Å². The van der Waals surface area contributed by atoms with Crippen LogP contribution < -0.4 is 4.74 Å². The molecular weight excluding hydrogens is 366 g/mol. The largest absolute Gasteiger partial charge is 0.488 e. The van der Waals surface area contributed by atoms with Crippen LogP contribution in [0.25, 0.3) is 0 Å². The van der Waals surface area contributed by atoms with Crippen molar-refractivity contribution in [3.63, 3.8) is 0 Å². The second kappa shape index (κ2) is 6.78. The third-order valence-electron chi connectivity index (χ3n) is 3.29. The molecular formula is C16H20BrNO5. The fourth-order valence-corrected chi connectivity index (χ4v) is 2.61. The summed E-state index contributed by atoms with van der Waals surface area (Å²) in [5, 5.41) is 9.34. The van der Waals surface area contributed by atoms with Gasteiger partial charge in [0.1, 0.15) is 23.5 Å². The maximum absolute atomic E-state index is 12.2. The van der Waals surface area contributed by atoms with Crippen LogP contribution in [0.5, 0.6) is 5.75 Å². The zero-order valence-corrected chi connectivity index (χ0v) is 14.9. The van der Waals surface area contributed by atoms with Crippen molar-refractivity contribution >= 4 is 28.0 Å². The number of likely N-dealkylation sites (tertiary alicyclic amines) is 1. The van der Waals surface area contributed by atoms with Crippen molar-refractivity contribution in [3.05, 3.63) is 28.7 Å². The van der Waals surface area contributed by atoms with Gasteiger partial charge in [-0.2, -0.15) is 0 Å². The maximum Gasteiger partial charge on any atom is 0.411 e. The molecule has 0 spiro atoms. The molecule has 1 aliphatic rings. The van der Waals surface area contributed by atoms with Crippen LogP contribution in [0.15, 0.2) is 28.7 Å². The average Bonchev–Trinajstić information content (AvgIpc) is 2.84. The molecule has 7 heteroatoms. The number of amides is 1. The zero-order chi connectivity index (χ0) is 17.2.